The van der Waals surface area contributed by atoms with Crippen LogP contribution < -0.4 is 5.56 Å². The fraction of sp³-hybridized carbons (Fsp3) is 0.378. The molecule has 8 atom stereocenters. The number of esters is 4. The Hall–Kier alpha value is -6.61. The molecule has 0 amide bonds. The summed E-state index contributed by atoms with van der Waals surface area (Å²) in [6.45, 7) is 0.0676. The molecule has 62 heavy (non-hydrogen) atoms. The Labute approximate surface area is 351 Å². The van der Waals surface area contributed by atoms with Crippen molar-refractivity contribution in [2.45, 2.75) is 61.9 Å². The third kappa shape index (κ3) is 9.03. The molecule has 326 valence electrons. The maximum absolute atomic E-state index is 14.7. The normalized spacial score (nSPS) is 25.9. The fourth-order valence-corrected chi connectivity index (χ4v) is 8.30. The maximum Gasteiger partial charge on any atom is 0.338 e. The molecule has 0 N–H and O–H groups in total. The Kier molecular flexibility index (Phi) is 12.6. The zero-order valence-electron chi connectivity index (χ0n) is 32.7. The second-order valence-corrected chi connectivity index (χ2v) is 16.8. The van der Waals surface area contributed by atoms with E-state index in [1.54, 1.807) is 24.3 Å². The summed E-state index contributed by atoms with van der Waals surface area (Å²) in [6.07, 6.45) is -8.78. The van der Waals surface area contributed by atoms with Gasteiger partial charge in [0.2, 0.25) is 11.2 Å². The molecule has 0 aliphatic carbocycles. The number of carbonyl (C=O) groups is 4. The monoisotopic (exact) mass is 898 g/mol. The quantitative estimate of drug-likeness (QED) is 0.0942. The average Bonchev–Trinajstić information content (AvgIpc) is 3.86. The lowest BCUT2D eigenvalue weighted by atomic mass is 9.93. The predicted octanol–water partition coefficient (Wildman–Crippen LogP) is 0.442. The summed E-state index contributed by atoms with van der Waals surface area (Å²) in [4.78, 5) is 73.9. The van der Waals surface area contributed by atoms with E-state index in [9.17, 15) is 51.3 Å². The number of aromatic nitrogens is 4. The van der Waals surface area contributed by atoms with Crippen molar-refractivity contribution in [1.29, 1.82) is 10.5 Å². The number of fused-ring (bicyclic) bond motifs is 1. The lowest BCUT2D eigenvalue weighted by Crippen LogP contribution is -2.53. The third-order valence-corrected chi connectivity index (χ3v) is 10.4. The SMILES string of the molecule is CC(=O)O[C@H]1[C@H](n2cnc3ncn([C@@H]4O[C@H](COC(=O)c5ccccc5)[C@@](C#N)(OS(C)(=O)=O)[C@H]4OC(C)=O)c3c2=O)O[C@H](COC(=O)c2ccccc2)[C@@]1(C#N)OS(C)(=O)=O. The minimum atomic E-state index is -4.63. The Morgan fingerprint density at radius 2 is 1.08 bits per heavy atom. The van der Waals surface area contributed by atoms with E-state index in [-0.39, 0.29) is 16.8 Å². The number of nitrogens with zero attached hydrogens (tertiary/aromatic N) is 6. The van der Waals surface area contributed by atoms with Crippen LogP contribution in [0.5, 0.6) is 0 Å². The largest absolute Gasteiger partial charge is 0.459 e. The smallest absolute Gasteiger partial charge is 0.338 e. The lowest BCUT2D eigenvalue weighted by Gasteiger charge is -2.30. The highest BCUT2D eigenvalue weighted by Crippen LogP contribution is 2.45. The van der Waals surface area contributed by atoms with E-state index in [1.807, 2.05) is 0 Å². The molecule has 2 fully saturated rings. The first-order valence-corrected chi connectivity index (χ1v) is 21.5. The van der Waals surface area contributed by atoms with E-state index in [4.69, 9.17) is 36.8 Å². The molecule has 0 spiro atoms. The fourth-order valence-electron chi connectivity index (χ4n) is 6.82. The first-order chi connectivity index (χ1) is 29.2. The van der Waals surface area contributed by atoms with Gasteiger partial charge in [-0.25, -0.2) is 27.9 Å². The minimum Gasteiger partial charge on any atom is -0.459 e. The molecule has 0 saturated carbocycles. The number of imidazole rings is 1. The second kappa shape index (κ2) is 17.4. The summed E-state index contributed by atoms with van der Waals surface area (Å²) in [5.74, 6) is -4.04. The maximum atomic E-state index is 14.7. The Balaban J connectivity index is 1.46. The molecular formula is C37H34N6O17S2. The predicted molar refractivity (Wildman–Crippen MR) is 203 cm³/mol. The zero-order chi connectivity index (χ0) is 45.2. The van der Waals surface area contributed by atoms with Crippen molar-refractivity contribution in [2.24, 2.45) is 0 Å². The van der Waals surface area contributed by atoms with E-state index in [0.29, 0.717) is 17.1 Å². The lowest BCUT2D eigenvalue weighted by molar-refractivity contribution is -0.158. The average molecular weight is 899 g/mol. The molecule has 0 bridgehead atoms. The van der Waals surface area contributed by atoms with Crippen LogP contribution in [-0.4, -0.2) is 121 Å². The summed E-state index contributed by atoms with van der Waals surface area (Å²) in [6, 6.07) is 18.4. The first-order valence-electron chi connectivity index (χ1n) is 17.9. The van der Waals surface area contributed by atoms with Crippen LogP contribution in [0.1, 0.15) is 47.0 Å². The molecule has 2 saturated heterocycles. The molecule has 2 aliphatic rings. The van der Waals surface area contributed by atoms with Crippen LogP contribution in [0.2, 0.25) is 0 Å². The van der Waals surface area contributed by atoms with Crippen LogP contribution in [0, 0.1) is 22.7 Å². The van der Waals surface area contributed by atoms with Gasteiger partial charge in [-0.05, 0) is 24.3 Å². The van der Waals surface area contributed by atoms with Crippen LogP contribution in [-0.2, 0) is 66.6 Å². The molecule has 4 heterocycles. The summed E-state index contributed by atoms with van der Waals surface area (Å²) >= 11 is 0. The minimum absolute atomic E-state index is 0.0597. The van der Waals surface area contributed by atoms with E-state index >= 15 is 0 Å². The van der Waals surface area contributed by atoms with Gasteiger partial charge >= 0.3 is 23.9 Å². The van der Waals surface area contributed by atoms with E-state index < -0.39 is 116 Å². The number of rotatable bonds is 14. The highest BCUT2D eigenvalue weighted by Gasteiger charge is 2.66. The van der Waals surface area contributed by atoms with Crippen molar-refractivity contribution < 1.29 is 72.8 Å². The van der Waals surface area contributed by atoms with Crippen molar-refractivity contribution in [3.05, 3.63) is 94.8 Å². The van der Waals surface area contributed by atoms with Gasteiger partial charge in [-0.3, -0.25) is 23.5 Å². The molecule has 0 radical (unpaired) electrons. The van der Waals surface area contributed by atoms with Gasteiger partial charge in [0, 0.05) is 13.8 Å². The summed E-state index contributed by atoms with van der Waals surface area (Å²) in [5, 5.41) is 21.1. The van der Waals surface area contributed by atoms with Crippen LogP contribution >= 0.6 is 0 Å². The molecule has 6 rings (SSSR count). The molecule has 23 nitrogen and oxygen atoms in total. The number of ether oxygens (including phenoxy) is 6. The topological polar surface area (TPSA) is 311 Å². The zero-order valence-corrected chi connectivity index (χ0v) is 34.4. The van der Waals surface area contributed by atoms with Crippen molar-refractivity contribution >= 4 is 55.3 Å². The Morgan fingerprint density at radius 1 is 0.694 bits per heavy atom. The molecule has 0 unspecified atom stereocenters. The number of benzene rings is 2. The first kappa shape index (κ1) is 44.9. The third-order valence-electron chi connectivity index (χ3n) is 9.26. The van der Waals surface area contributed by atoms with Gasteiger partial charge in [-0.1, -0.05) is 36.4 Å². The van der Waals surface area contributed by atoms with E-state index in [2.05, 4.69) is 9.97 Å². The highest BCUT2D eigenvalue weighted by atomic mass is 32.2. The van der Waals surface area contributed by atoms with Gasteiger partial charge in [0.05, 0.1) is 23.6 Å². The van der Waals surface area contributed by atoms with Crippen LogP contribution in [0.4, 0.5) is 0 Å². The van der Waals surface area contributed by atoms with E-state index in [1.165, 1.54) is 48.5 Å². The van der Waals surface area contributed by atoms with E-state index in [0.717, 1.165) is 31.1 Å². The number of hydrogen-bond acceptors (Lipinski definition) is 21. The molecular weight excluding hydrogens is 865 g/mol. The van der Waals surface area contributed by atoms with Crippen LogP contribution in [0.3, 0.4) is 0 Å². The van der Waals surface area contributed by atoms with Gasteiger partial charge in [0.15, 0.2) is 35.8 Å². The Bertz CT molecular complexity index is 2770. The molecule has 2 aromatic heterocycles. The summed E-state index contributed by atoms with van der Waals surface area (Å²) < 4.78 is 96.4. The number of hydrogen-bond donors (Lipinski definition) is 0. The van der Waals surface area contributed by atoms with Crippen molar-refractivity contribution in [3.8, 4) is 12.1 Å². The van der Waals surface area contributed by atoms with Crippen LogP contribution in [0.15, 0.2) is 78.1 Å². The van der Waals surface area contributed by atoms with Gasteiger partial charge < -0.3 is 28.4 Å². The van der Waals surface area contributed by atoms with Gasteiger partial charge in [0.25, 0.3) is 25.8 Å². The molecule has 2 aliphatic heterocycles. The number of carbonyl (C=O) groups excluding carboxylic acids is 4. The highest BCUT2D eigenvalue weighted by molar-refractivity contribution is 7.86. The molecule has 2 aromatic carbocycles. The van der Waals surface area contributed by atoms with Crippen molar-refractivity contribution in [3.63, 3.8) is 0 Å². The molecule has 4 aromatic rings. The van der Waals surface area contributed by atoms with Gasteiger partial charge in [-0.15, -0.1) is 0 Å². The summed E-state index contributed by atoms with van der Waals surface area (Å²) in [5.41, 5.74) is -7.52. The van der Waals surface area contributed by atoms with Crippen molar-refractivity contribution in [2.75, 3.05) is 25.7 Å². The standard InChI is InChI=1S/C37H34N6O17S2/c1-21(44)55-28-32(57-25(36(28,17-38)59-61(3,49)50)15-53-34(47)23-11-7-5-8-12-23)42-19-40-30-27(42)31(46)43(20-41-30)33-29(56-22(2)45)37(18-39,60-62(4,51)52)26(58-33)16-54-35(48)24-13-9-6-10-14-24/h5-14,19-20,25-26,28-29,32-33H,15-16H2,1-4H3/t25-,26-,28+,29+,32-,33-,36-,37-/m1/s1. The summed E-state index contributed by atoms with van der Waals surface area (Å²) in [7, 11) is -9.24. The molecule has 25 heteroatoms. The number of nitriles is 2. The Morgan fingerprint density at radius 3 is 1.45 bits per heavy atom. The van der Waals surface area contributed by atoms with Crippen molar-refractivity contribution in [1.82, 2.24) is 19.1 Å². The van der Waals surface area contributed by atoms with Crippen LogP contribution in [0.25, 0.3) is 11.2 Å². The second-order valence-electron chi connectivity index (χ2n) is 13.7. The van der Waals surface area contributed by atoms with Gasteiger partial charge in [0.1, 0.15) is 50.2 Å². The van der Waals surface area contributed by atoms with Gasteiger partial charge in [-0.2, -0.15) is 27.4 Å².